The second kappa shape index (κ2) is 6.39. The molecular formula is C15H24N2O3. The highest BCUT2D eigenvalue weighted by atomic mass is 16.5. The van der Waals surface area contributed by atoms with Crippen LogP contribution in [0.25, 0.3) is 0 Å². The van der Waals surface area contributed by atoms with Crippen molar-refractivity contribution in [3.05, 3.63) is 17.0 Å². The van der Waals surface area contributed by atoms with Gasteiger partial charge in [0.25, 0.3) is 0 Å². The fraction of sp³-hybridized carbons (Fsp3) is 0.733. The van der Waals surface area contributed by atoms with E-state index < -0.39 is 0 Å². The smallest absolute Gasteiger partial charge is 0.223 e. The molecular weight excluding hydrogens is 256 g/mol. The van der Waals surface area contributed by atoms with Gasteiger partial charge in [0.1, 0.15) is 5.76 Å². The molecule has 1 fully saturated rings. The monoisotopic (exact) mass is 280 g/mol. The summed E-state index contributed by atoms with van der Waals surface area (Å²) >= 11 is 0. The normalized spacial score (nSPS) is 20.4. The second-order valence-corrected chi connectivity index (χ2v) is 5.77. The minimum atomic E-state index is -0.351. The molecule has 0 spiro atoms. The van der Waals surface area contributed by atoms with Crippen molar-refractivity contribution in [3.63, 3.8) is 0 Å². The van der Waals surface area contributed by atoms with Crippen molar-refractivity contribution in [2.75, 3.05) is 6.54 Å². The number of carbonyl (C=O) groups excluding carboxylic acids is 1. The van der Waals surface area contributed by atoms with Crippen LogP contribution in [-0.4, -0.2) is 39.8 Å². The molecule has 1 N–H and O–H groups in total. The van der Waals surface area contributed by atoms with Crippen LogP contribution in [0, 0.1) is 13.8 Å². The number of aryl methyl sites for hydroxylation is 2. The first-order chi connectivity index (χ1) is 9.49. The van der Waals surface area contributed by atoms with Gasteiger partial charge >= 0.3 is 0 Å². The van der Waals surface area contributed by atoms with Gasteiger partial charge in [0.05, 0.1) is 11.8 Å². The fourth-order valence-electron chi connectivity index (χ4n) is 3.04. The lowest BCUT2D eigenvalue weighted by Crippen LogP contribution is -2.37. The average Bonchev–Trinajstić information content (AvgIpc) is 2.94. The molecule has 2 unspecified atom stereocenters. The van der Waals surface area contributed by atoms with Gasteiger partial charge in [-0.25, -0.2) is 0 Å². The quantitative estimate of drug-likeness (QED) is 0.895. The van der Waals surface area contributed by atoms with E-state index in [1.54, 1.807) is 6.92 Å². The third-order valence-electron chi connectivity index (χ3n) is 4.08. The SMILES string of the molecule is Cc1noc(C)c1CCC(=O)N1CCCC1CC(C)O. The second-order valence-electron chi connectivity index (χ2n) is 5.77. The number of hydrogen-bond donors (Lipinski definition) is 1. The van der Waals surface area contributed by atoms with Gasteiger partial charge in [-0.15, -0.1) is 0 Å². The lowest BCUT2D eigenvalue weighted by Gasteiger charge is -2.25. The Labute approximate surface area is 119 Å². The Morgan fingerprint density at radius 3 is 2.90 bits per heavy atom. The molecule has 0 bridgehead atoms. The van der Waals surface area contributed by atoms with Crippen LogP contribution in [-0.2, 0) is 11.2 Å². The Bertz CT molecular complexity index is 448. The number of amides is 1. The molecule has 1 aliphatic rings. The van der Waals surface area contributed by atoms with Crippen molar-refractivity contribution < 1.29 is 14.4 Å². The Morgan fingerprint density at radius 1 is 1.55 bits per heavy atom. The third kappa shape index (κ3) is 3.39. The number of nitrogens with zero attached hydrogens (tertiary/aromatic N) is 2. The van der Waals surface area contributed by atoms with Crippen LogP contribution in [0.1, 0.15) is 49.6 Å². The molecule has 2 rings (SSSR count). The lowest BCUT2D eigenvalue weighted by atomic mass is 10.1. The van der Waals surface area contributed by atoms with Gasteiger partial charge in [-0.05, 0) is 46.5 Å². The molecule has 2 atom stereocenters. The highest BCUT2D eigenvalue weighted by Crippen LogP contribution is 2.23. The van der Waals surface area contributed by atoms with Crippen molar-refractivity contribution in [1.29, 1.82) is 0 Å². The molecule has 20 heavy (non-hydrogen) atoms. The van der Waals surface area contributed by atoms with Gasteiger partial charge in [0.15, 0.2) is 0 Å². The molecule has 1 aliphatic heterocycles. The van der Waals surface area contributed by atoms with Gasteiger partial charge in [0, 0.05) is 24.6 Å². The molecule has 1 aromatic rings. The molecule has 0 aliphatic carbocycles. The van der Waals surface area contributed by atoms with Gasteiger partial charge in [0.2, 0.25) is 5.91 Å². The number of aliphatic hydroxyl groups is 1. The van der Waals surface area contributed by atoms with Gasteiger partial charge < -0.3 is 14.5 Å². The van der Waals surface area contributed by atoms with Crippen molar-refractivity contribution in [1.82, 2.24) is 10.1 Å². The summed E-state index contributed by atoms with van der Waals surface area (Å²) in [7, 11) is 0. The van der Waals surface area contributed by atoms with Gasteiger partial charge in [-0.3, -0.25) is 4.79 Å². The lowest BCUT2D eigenvalue weighted by molar-refractivity contribution is -0.132. The van der Waals surface area contributed by atoms with E-state index in [2.05, 4.69) is 5.16 Å². The van der Waals surface area contributed by atoms with Crippen LogP contribution in [0.2, 0.25) is 0 Å². The van der Waals surface area contributed by atoms with Crippen molar-refractivity contribution in [3.8, 4) is 0 Å². The van der Waals surface area contributed by atoms with Gasteiger partial charge in [-0.1, -0.05) is 5.16 Å². The summed E-state index contributed by atoms with van der Waals surface area (Å²) in [5.74, 6) is 0.977. The fourth-order valence-corrected chi connectivity index (χ4v) is 3.04. The number of likely N-dealkylation sites (tertiary alicyclic amines) is 1. The molecule has 0 radical (unpaired) electrons. The Morgan fingerprint density at radius 2 is 2.30 bits per heavy atom. The van der Waals surface area contributed by atoms with E-state index in [1.165, 1.54) is 0 Å². The largest absolute Gasteiger partial charge is 0.393 e. The first kappa shape index (κ1) is 15.0. The summed E-state index contributed by atoms with van der Waals surface area (Å²) in [6, 6.07) is 0.201. The molecule has 0 aromatic carbocycles. The molecule has 2 heterocycles. The van der Waals surface area contributed by atoms with Crippen molar-refractivity contribution in [2.45, 2.75) is 65.0 Å². The zero-order valence-electron chi connectivity index (χ0n) is 12.6. The Kier molecular flexibility index (Phi) is 4.81. The number of rotatable bonds is 5. The standard InChI is InChI=1S/C15H24N2O3/c1-10(18)9-13-5-4-8-17(13)15(19)7-6-14-11(2)16-20-12(14)3/h10,13,18H,4-9H2,1-3H3. The van der Waals surface area contributed by atoms with E-state index in [4.69, 9.17) is 4.52 Å². The summed E-state index contributed by atoms with van der Waals surface area (Å²) < 4.78 is 5.12. The topological polar surface area (TPSA) is 66.6 Å². The van der Waals surface area contributed by atoms with E-state index in [1.807, 2.05) is 18.7 Å². The summed E-state index contributed by atoms with van der Waals surface area (Å²) in [4.78, 5) is 14.3. The molecule has 112 valence electrons. The maximum absolute atomic E-state index is 12.3. The van der Waals surface area contributed by atoms with Crippen molar-refractivity contribution >= 4 is 5.91 Å². The number of aromatic nitrogens is 1. The highest BCUT2D eigenvalue weighted by molar-refractivity contribution is 5.77. The van der Waals surface area contributed by atoms with Crippen LogP contribution in [0.3, 0.4) is 0 Å². The maximum atomic E-state index is 12.3. The molecule has 0 saturated carbocycles. The molecule has 5 nitrogen and oxygen atoms in total. The summed E-state index contributed by atoms with van der Waals surface area (Å²) in [5, 5.41) is 13.4. The molecule has 5 heteroatoms. The van der Waals surface area contributed by atoms with E-state index in [-0.39, 0.29) is 18.1 Å². The Hall–Kier alpha value is -1.36. The van der Waals surface area contributed by atoms with E-state index in [0.717, 1.165) is 36.4 Å². The predicted octanol–water partition coefficient (Wildman–Crippen LogP) is 1.99. The predicted molar refractivity (Wildman–Crippen MR) is 75.3 cm³/mol. The Balaban J connectivity index is 1.91. The maximum Gasteiger partial charge on any atom is 0.223 e. The number of hydrogen-bond acceptors (Lipinski definition) is 4. The average molecular weight is 280 g/mol. The minimum Gasteiger partial charge on any atom is -0.393 e. The first-order valence-electron chi connectivity index (χ1n) is 7.38. The number of aliphatic hydroxyl groups excluding tert-OH is 1. The van der Waals surface area contributed by atoms with Crippen molar-refractivity contribution in [2.24, 2.45) is 0 Å². The van der Waals surface area contributed by atoms with E-state index in [0.29, 0.717) is 19.3 Å². The summed E-state index contributed by atoms with van der Waals surface area (Å²) in [6.45, 7) is 6.39. The highest BCUT2D eigenvalue weighted by Gasteiger charge is 2.29. The van der Waals surface area contributed by atoms with Crippen LogP contribution in [0.4, 0.5) is 0 Å². The summed E-state index contributed by atoms with van der Waals surface area (Å²) in [5.41, 5.74) is 1.92. The zero-order valence-corrected chi connectivity index (χ0v) is 12.6. The van der Waals surface area contributed by atoms with E-state index >= 15 is 0 Å². The van der Waals surface area contributed by atoms with Crippen LogP contribution in [0.5, 0.6) is 0 Å². The number of carbonyl (C=O) groups is 1. The third-order valence-corrected chi connectivity index (χ3v) is 4.08. The molecule has 1 saturated heterocycles. The zero-order chi connectivity index (χ0) is 14.7. The van der Waals surface area contributed by atoms with Gasteiger partial charge in [-0.2, -0.15) is 0 Å². The minimum absolute atomic E-state index is 0.174. The van der Waals surface area contributed by atoms with Crippen LogP contribution in [0.15, 0.2) is 4.52 Å². The molecule has 1 aromatic heterocycles. The first-order valence-corrected chi connectivity index (χ1v) is 7.38. The molecule has 1 amide bonds. The van der Waals surface area contributed by atoms with Crippen LogP contribution < -0.4 is 0 Å². The summed E-state index contributed by atoms with van der Waals surface area (Å²) in [6.07, 6.45) is 3.53. The van der Waals surface area contributed by atoms with E-state index in [9.17, 15) is 9.90 Å². The van der Waals surface area contributed by atoms with Crippen LogP contribution >= 0.6 is 0 Å².